The topological polar surface area (TPSA) is 79.5 Å². The average Bonchev–Trinajstić information content (AvgIpc) is 2.81. The number of hydrogen-bond acceptors (Lipinski definition) is 3. The maximum absolute atomic E-state index is 12.0. The Morgan fingerprint density at radius 3 is 2.60 bits per heavy atom. The van der Waals surface area contributed by atoms with Crippen molar-refractivity contribution in [2.24, 2.45) is 11.3 Å². The van der Waals surface area contributed by atoms with Crippen LogP contribution in [0.25, 0.3) is 0 Å². The lowest BCUT2D eigenvalue weighted by atomic mass is 9.64. The molecule has 5 nitrogen and oxygen atoms in total. The molecular formula is C15H21NO4. The Morgan fingerprint density at radius 2 is 2.15 bits per heavy atom. The van der Waals surface area contributed by atoms with Gasteiger partial charge in [0.25, 0.3) is 5.91 Å². The van der Waals surface area contributed by atoms with Crippen LogP contribution in [0.3, 0.4) is 0 Å². The van der Waals surface area contributed by atoms with Gasteiger partial charge in [-0.15, -0.1) is 0 Å². The normalized spacial score (nSPS) is 16.8. The van der Waals surface area contributed by atoms with Gasteiger partial charge in [-0.3, -0.25) is 4.79 Å². The van der Waals surface area contributed by atoms with Gasteiger partial charge in [-0.2, -0.15) is 0 Å². The molecule has 1 aromatic rings. The lowest BCUT2D eigenvalue weighted by Gasteiger charge is -2.43. The second-order valence-electron chi connectivity index (χ2n) is 6.14. The number of rotatable bonds is 6. The van der Waals surface area contributed by atoms with Crippen molar-refractivity contribution in [1.82, 2.24) is 5.32 Å². The number of carbonyl (C=O) groups excluding carboxylic acids is 1. The summed E-state index contributed by atoms with van der Waals surface area (Å²) in [6.45, 7) is 5.01. The van der Waals surface area contributed by atoms with E-state index in [-0.39, 0.29) is 22.6 Å². The van der Waals surface area contributed by atoms with Crippen molar-refractivity contribution < 1.29 is 19.1 Å². The molecule has 1 fully saturated rings. The molecule has 1 aliphatic rings. The van der Waals surface area contributed by atoms with Crippen molar-refractivity contribution in [3.63, 3.8) is 0 Å². The number of nitrogens with one attached hydrogen (secondary N) is 1. The Balaban J connectivity index is 1.92. The molecule has 0 radical (unpaired) electrons. The first-order valence-electron chi connectivity index (χ1n) is 7.02. The van der Waals surface area contributed by atoms with Crippen molar-refractivity contribution in [2.45, 2.75) is 39.5 Å². The van der Waals surface area contributed by atoms with Crippen LogP contribution < -0.4 is 5.32 Å². The number of carboxylic acid groups (broad SMARTS) is 1. The fourth-order valence-electron chi connectivity index (χ4n) is 2.92. The number of aromatic carboxylic acids is 1. The first-order valence-corrected chi connectivity index (χ1v) is 7.02. The quantitative estimate of drug-likeness (QED) is 0.839. The summed E-state index contributed by atoms with van der Waals surface area (Å²) in [4.78, 5) is 22.7. The molecule has 1 heterocycles. The van der Waals surface area contributed by atoms with Crippen LogP contribution in [0.2, 0.25) is 0 Å². The SMILES string of the molecule is CC(C)CC1(CNC(=O)c2cc(C(=O)O)co2)CCC1. The molecule has 0 bridgehead atoms. The third-order valence-corrected chi connectivity index (χ3v) is 3.95. The van der Waals surface area contributed by atoms with E-state index in [0.717, 1.165) is 25.5 Å². The Hall–Kier alpha value is -1.78. The van der Waals surface area contributed by atoms with E-state index in [2.05, 4.69) is 19.2 Å². The van der Waals surface area contributed by atoms with Gasteiger partial charge >= 0.3 is 5.97 Å². The molecule has 2 N–H and O–H groups in total. The third-order valence-electron chi connectivity index (χ3n) is 3.95. The van der Waals surface area contributed by atoms with Gasteiger partial charge in [-0.25, -0.2) is 4.79 Å². The molecule has 0 spiro atoms. The van der Waals surface area contributed by atoms with E-state index < -0.39 is 5.97 Å². The van der Waals surface area contributed by atoms with Crippen LogP contribution in [0.15, 0.2) is 16.7 Å². The molecule has 0 unspecified atom stereocenters. The van der Waals surface area contributed by atoms with Gasteiger partial charge in [-0.1, -0.05) is 20.3 Å². The van der Waals surface area contributed by atoms with Crippen LogP contribution in [0, 0.1) is 11.3 Å². The number of furan rings is 1. The molecule has 0 saturated heterocycles. The Bertz CT molecular complexity index is 500. The second kappa shape index (κ2) is 5.69. The summed E-state index contributed by atoms with van der Waals surface area (Å²) in [6, 6.07) is 1.26. The van der Waals surface area contributed by atoms with Crippen molar-refractivity contribution in [2.75, 3.05) is 6.54 Å². The van der Waals surface area contributed by atoms with Crippen LogP contribution in [-0.2, 0) is 0 Å². The summed E-state index contributed by atoms with van der Waals surface area (Å²) < 4.78 is 4.99. The molecule has 1 saturated carbocycles. The minimum atomic E-state index is -1.09. The van der Waals surface area contributed by atoms with Crippen LogP contribution in [0.1, 0.15) is 60.4 Å². The minimum Gasteiger partial charge on any atom is -0.478 e. The van der Waals surface area contributed by atoms with Crippen LogP contribution in [0.5, 0.6) is 0 Å². The minimum absolute atomic E-state index is 0.00399. The largest absolute Gasteiger partial charge is 0.478 e. The molecular weight excluding hydrogens is 258 g/mol. The summed E-state index contributed by atoms with van der Waals surface area (Å²) >= 11 is 0. The van der Waals surface area contributed by atoms with Gasteiger partial charge in [-0.05, 0) is 30.6 Å². The predicted octanol–water partition coefficient (Wildman–Crippen LogP) is 2.92. The fraction of sp³-hybridized carbons (Fsp3) is 0.600. The highest BCUT2D eigenvalue weighted by molar-refractivity contribution is 5.95. The van der Waals surface area contributed by atoms with Gasteiger partial charge < -0.3 is 14.8 Å². The molecule has 1 aliphatic carbocycles. The summed E-state index contributed by atoms with van der Waals surface area (Å²) in [5, 5.41) is 11.7. The van der Waals surface area contributed by atoms with Gasteiger partial charge in [0.1, 0.15) is 6.26 Å². The highest BCUT2D eigenvalue weighted by Gasteiger charge is 2.37. The molecule has 2 rings (SSSR count). The zero-order valence-electron chi connectivity index (χ0n) is 11.9. The number of amides is 1. The van der Waals surface area contributed by atoms with E-state index in [4.69, 9.17) is 9.52 Å². The lowest BCUT2D eigenvalue weighted by molar-refractivity contribution is 0.0695. The smallest absolute Gasteiger partial charge is 0.338 e. The monoisotopic (exact) mass is 279 g/mol. The molecule has 1 amide bonds. The summed E-state index contributed by atoms with van der Waals surface area (Å²) in [7, 11) is 0. The maximum atomic E-state index is 12.0. The van der Waals surface area contributed by atoms with Crippen LogP contribution in [0.4, 0.5) is 0 Å². The first kappa shape index (κ1) is 14.6. The van der Waals surface area contributed by atoms with E-state index in [0.29, 0.717) is 12.5 Å². The van der Waals surface area contributed by atoms with E-state index in [1.54, 1.807) is 0 Å². The van der Waals surface area contributed by atoms with Crippen molar-refractivity contribution in [3.05, 3.63) is 23.7 Å². The van der Waals surface area contributed by atoms with E-state index in [9.17, 15) is 9.59 Å². The Morgan fingerprint density at radius 1 is 1.45 bits per heavy atom. The van der Waals surface area contributed by atoms with E-state index >= 15 is 0 Å². The molecule has 5 heteroatoms. The standard InChI is InChI=1S/C15H21NO4/c1-10(2)7-15(4-3-5-15)9-16-13(17)12-6-11(8-20-12)14(18)19/h6,8,10H,3-5,7,9H2,1-2H3,(H,16,17)(H,18,19). The van der Waals surface area contributed by atoms with Crippen LogP contribution in [-0.4, -0.2) is 23.5 Å². The van der Waals surface area contributed by atoms with Crippen molar-refractivity contribution in [3.8, 4) is 0 Å². The molecule has 110 valence electrons. The fourth-order valence-corrected chi connectivity index (χ4v) is 2.92. The number of hydrogen-bond donors (Lipinski definition) is 2. The third kappa shape index (κ3) is 3.21. The summed E-state index contributed by atoms with van der Waals surface area (Å²) in [6.07, 6.45) is 5.69. The Kier molecular flexibility index (Phi) is 4.16. The first-order chi connectivity index (χ1) is 9.42. The zero-order valence-corrected chi connectivity index (χ0v) is 11.9. The molecule has 0 aliphatic heterocycles. The predicted molar refractivity (Wildman–Crippen MR) is 73.7 cm³/mol. The lowest BCUT2D eigenvalue weighted by Crippen LogP contribution is -2.42. The van der Waals surface area contributed by atoms with E-state index in [1.165, 1.54) is 12.5 Å². The number of carboxylic acids is 1. The van der Waals surface area contributed by atoms with Gasteiger partial charge in [0.2, 0.25) is 0 Å². The zero-order chi connectivity index (χ0) is 14.8. The van der Waals surface area contributed by atoms with Gasteiger partial charge in [0.05, 0.1) is 5.56 Å². The summed E-state index contributed by atoms with van der Waals surface area (Å²) in [5.74, 6) is -0.772. The van der Waals surface area contributed by atoms with Gasteiger partial charge in [0.15, 0.2) is 5.76 Å². The molecule has 0 aromatic carbocycles. The number of carbonyl (C=O) groups is 2. The van der Waals surface area contributed by atoms with Gasteiger partial charge in [0, 0.05) is 12.6 Å². The summed E-state index contributed by atoms with van der Waals surface area (Å²) in [5.41, 5.74) is 0.210. The van der Waals surface area contributed by atoms with Crippen molar-refractivity contribution >= 4 is 11.9 Å². The van der Waals surface area contributed by atoms with Crippen LogP contribution >= 0.6 is 0 Å². The van der Waals surface area contributed by atoms with Crippen molar-refractivity contribution in [1.29, 1.82) is 0 Å². The highest BCUT2D eigenvalue weighted by Crippen LogP contribution is 2.45. The molecule has 20 heavy (non-hydrogen) atoms. The van der Waals surface area contributed by atoms with E-state index in [1.807, 2.05) is 0 Å². The molecule has 1 aromatic heterocycles. The maximum Gasteiger partial charge on any atom is 0.338 e. The average molecular weight is 279 g/mol. The Labute approximate surface area is 118 Å². The second-order valence-corrected chi connectivity index (χ2v) is 6.14. The molecule has 0 atom stereocenters. The highest BCUT2D eigenvalue weighted by atomic mass is 16.4.